The third kappa shape index (κ3) is 2.99. The van der Waals surface area contributed by atoms with Crippen molar-refractivity contribution in [2.24, 2.45) is 5.16 Å². The molecule has 0 radical (unpaired) electrons. The van der Waals surface area contributed by atoms with Crippen molar-refractivity contribution in [1.82, 2.24) is 4.98 Å². The Balaban J connectivity index is 2.11. The molecule has 0 unspecified atom stereocenters. The molecule has 1 amide bonds. The van der Waals surface area contributed by atoms with E-state index in [1.807, 2.05) is 0 Å². The summed E-state index contributed by atoms with van der Waals surface area (Å²) in [5.74, 6) is 0.404. The van der Waals surface area contributed by atoms with E-state index in [0.717, 1.165) is 22.8 Å². The Morgan fingerprint density at radius 3 is 3.00 bits per heavy atom. The molecule has 0 spiro atoms. The zero-order valence-electron chi connectivity index (χ0n) is 9.03. The van der Waals surface area contributed by atoms with Gasteiger partial charge in [0.1, 0.15) is 11.8 Å². The number of anilines is 1. The minimum absolute atomic E-state index is 0.0319. The van der Waals surface area contributed by atoms with Crippen molar-refractivity contribution in [3.8, 4) is 0 Å². The molecule has 9 heteroatoms. The minimum Gasteiger partial charge on any atom is -0.476 e. The number of nitrogens with one attached hydrogen (secondary N) is 1. The van der Waals surface area contributed by atoms with E-state index in [2.05, 4.69) is 15.5 Å². The van der Waals surface area contributed by atoms with E-state index in [1.54, 1.807) is 11.8 Å². The number of hydrogen-bond donors (Lipinski definition) is 2. The Morgan fingerprint density at radius 1 is 1.67 bits per heavy atom. The van der Waals surface area contributed by atoms with Crippen molar-refractivity contribution >= 4 is 46.3 Å². The number of thioether (sulfide) groups is 1. The molecule has 0 bridgehead atoms. The maximum absolute atomic E-state index is 11.0. The Labute approximate surface area is 110 Å². The lowest BCUT2D eigenvalue weighted by atomic mass is 10.3. The van der Waals surface area contributed by atoms with Crippen LogP contribution in [0.5, 0.6) is 0 Å². The zero-order valence-corrected chi connectivity index (χ0v) is 10.7. The van der Waals surface area contributed by atoms with Crippen LogP contribution < -0.4 is 5.32 Å². The third-order valence-corrected chi connectivity index (χ3v) is 4.02. The topological polar surface area (TPSA) is 101 Å². The van der Waals surface area contributed by atoms with Gasteiger partial charge in [0.25, 0.3) is 0 Å². The summed E-state index contributed by atoms with van der Waals surface area (Å²) in [4.78, 5) is 30.3. The Hall–Kier alpha value is -1.61. The quantitative estimate of drug-likeness (QED) is 0.452. The predicted octanol–water partition coefficient (Wildman–Crippen LogP) is 0.632. The van der Waals surface area contributed by atoms with E-state index in [-0.39, 0.29) is 17.5 Å². The maximum atomic E-state index is 11.0. The summed E-state index contributed by atoms with van der Waals surface area (Å²) in [5.41, 5.74) is -0.0917. The maximum Gasteiger partial charge on any atom is 0.360 e. The highest BCUT2D eigenvalue weighted by Crippen LogP contribution is 2.21. The van der Waals surface area contributed by atoms with Gasteiger partial charge in [-0.3, -0.25) is 4.79 Å². The molecule has 0 atom stereocenters. The van der Waals surface area contributed by atoms with Gasteiger partial charge in [-0.2, -0.15) is 11.8 Å². The number of carbonyl (C=O) groups is 2. The number of aromatic nitrogens is 1. The van der Waals surface area contributed by atoms with Crippen LogP contribution >= 0.6 is 23.1 Å². The van der Waals surface area contributed by atoms with Gasteiger partial charge in [0.2, 0.25) is 12.1 Å². The molecular weight excluding hydrogens is 278 g/mol. The SMILES string of the molecule is O=CNc1nc(/C(=N/OC2CSC2)C(=O)O)cs1. The van der Waals surface area contributed by atoms with E-state index >= 15 is 0 Å². The summed E-state index contributed by atoms with van der Waals surface area (Å²) >= 11 is 2.82. The first-order valence-electron chi connectivity index (χ1n) is 4.91. The average Bonchev–Trinajstić information content (AvgIpc) is 2.70. The smallest absolute Gasteiger partial charge is 0.360 e. The van der Waals surface area contributed by atoms with Gasteiger partial charge < -0.3 is 15.3 Å². The molecule has 1 aliphatic rings. The van der Waals surface area contributed by atoms with Crippen molar-refractivity contribution < 1.29 is 19.5 Å². The molecule has 0 aliphatic carbocycles. The number of nitrogens with zero attached hydrogens (tertiary/aromatic N) is 2. The van der Waals surface area contributed by atoms with Crippen LogP contribution in [0.25, 0.3) is 0 Å². The van der Waals surface area contributed by atoms with Gasteiger partial charge in [-0.25, -0.2) is 9.78 Å². The van der Waals surface area contributed by atoms with Crippen LogP contribution in [0, 0.1) is 0 Å². The van der Waals surface area contributed by atoms with Crippen molar-refractivity contribution in [3.05, 3.63) is 11.1 Å². The second-order valence-electron chi connectivity index (χ2n) is 3.31. The van der Waals surface area contributed by atoms with E-state index < -0.39 is 5.97 Å². The number of aliphatic carboxylic acids is 1. The predicted molar refractivity (Wildman–Crippen MR) is 68.2 cm³/mol. The first-order chi connectivity index (χ1) is 8.70. The van der Waals surface area contributed by atoms with Gasteiger partial charge in [-0.15, -0.1) is 11.3 Å². The largest absolute Gasteiger partial charge is 0.476 e. The lowest BCUT2D eigenvalue weighted by Gasteiger charge is -2.22. The van der Waals surface area contributed by atoms with Crippen molar-refractivity contribution in [2.45, 2.75) is 6.10 Å². The molecular formula is C9H9N3O4S2. The molecule has 1 fully saturated rings. The molecule has 2 rings (SSSR count). The molecule has 7 nitrogen and oxygen atoms in total. The summed E-state index contributed by atoms with van der Waals surface area (Å²) in [6.07, 6.45) is 0.443. The van der Waals surface area contributed by atoms with Crippen molar-refractivity contribution in [3.63, 3.8) is 0 Å². The second-order valence-corrected chi connectivity index (χ2v) is 5.24. The molecule has 1 aromatic rings. The fraction of sp³-hybridized carbons (Fsp3) is 0.333. The number of carboxylic acid groups (broad SMARTS) is 1. The van der Waals surface area contributed by atoms with E-state index in [1.165, 1.54) is 5.38 Å². The van der Waals surface area contributed by atoms with E-state index in [9.17, 15) is 9.59 Å². The third-order valence-electron chi connectivity index (χ3n) is 2.03. The number of rotatable bonds is 6. The first kappa shape index (κ1) is 12.8. The monoisotopic (exact) mass is 287 g/mol. The normalized spacial score (nSPS) is 15.9. The molecule has 18 heavy (non-hydrogen) atoms. The van der Waals surface area contributed by atoms with Crippen LogP contribution in [0.1, 0.15) is 5.69 Å². The number of hydrogen-bond acceptors (Lipinski definition) is 7. The summed E-state index contributed by atoms with van der Waals surface area (Å²) in [5, 5.41) is 16.8. The molecule has 1 saturated heterocycles. The van der Waals surface area contributed by atoms with Crippen LogP contribution in [0.2, 0.25) is 0 Å². The van der Waals surface area contributed by atoms with Crippen LogP contribution in [0.4, 0.5) is 5.13 Å². The summed E-state index contributed by atoms with van der Waals surface area (Å²) in [7, 11) is 0. The van der Waals surface area contributed by atoms with Crippen molar-refractivity contribution in [2.75, 3.05) is 16.8 Å². The van der Waals surface area contributed by atoms with Crippen LogP contribution in [-0.2, 0) is 14.4 Å². The Bertz CT molecular complexity index is 484. The van der Waals surface area contributed by atoms with Gasteiger partial charge in [0.05, 0.1) is 0 Å². The number of carbonyl (C=O) groups excluding carboxylic acids is 1. The molecule has 0 aromatic carbocycles. The van der Waals surface area contributed by atoms with Gasteiger partial charge >= 0.3 is 5.97 Å². The van der Waals surface area contributed by atoms with Gasteiger partial charge in [0.15, 0.2) is 5.13 Å². The highest BCUT2D eigenvalue weighted by atomic mass is 32.2. The fourth-order valence-electron chi connectivity index (χ4n) is 1.10. The fourth-order valence-corrected chi connectivity index (χ4v) is 2.30. The highest BCUT2D eigenvalue weighted by Gasteiger charge is 2.22. The molecule has 2 heterocycles. The van der Waals surface area contributed by atoms with Crippen LogP contribution in [0.15, 0.2) is 10.5 Å². The number of amides is 1. The highest BCUT2D eigenvalue weighted by molar-refractivity contribution is 8.00. The standard InChI is InChI=1S/C9H9N3O4S2/c13-4-10-9-11-6(3-18-9)7(8(14)15)12-16-5-1-17-2-5/h3-5H,1-2H2,(H,14,15)(H,10,11,13)/b12-7-. The number of thiazole rings is 1. The molecule has 0 saturated carbocycles. The Kier molecular flexibility index (Phi) is 4.15. The number of carboxylic acids is 1. The van der Waals surface area contributed by atoms with Crippen LogP contribution in [0.3, 0.4) is 0 Å². The average molecular weight is 287 g/mol. The van der Waals surface area contributed by atoms with E-state index in [0.29, 0.717) is 11.5 Å². The lowest BCUT2D eigenvalue weighted by molar-refractivity contribution is -0.129. The van der Waals surface area contributed by atoms with Crippen molar-refractivity contribution in [1.29, 1.82) is 0 Å². The molecule has 1 aliphatic heterocycles. The van der Waals surface area contributed by atoms with Gasteiger partial charge in [-0.1, -0.05) is 5.16 Å². The zero-order chi connectivity index (χ0) is 13.0. The molecule has 96 valence electrons. The lowest BCUT2D eigenvalue weighted by Crippen LogP contribution is -2.27. The summed E-state index contributed by atoms with van der Waals surface area (Å²) in [6.45, 7) is 0. The molecule has 1 aromatic heterocycles. The van der Waals surface area contributed by atoms with E-state index in [4.69, 9.17) is 9.94 Å². The number of oxime groups is 1. The van der Waals surface area contributed by atoms with Gasteiger partial charge in [-0.05, 0) is 0 Å². The van der Waals surface area contributed by atoms with Crippen LogP contribution in [-0.4, -0.2) is 45.8 Å². The first-order valence-corrected chi connectivity index (χ1v) is 6.95. The summed E-state index contributed by atoms with van der Waals surface area (Å²) in [6, 6.07) is 0. The second kappa shape index (κ2) is 5.83. The minimum atomic E-state index is -1.22. The summed E-state index contributed by atoms with van der Waals surface area (Å²) < 4.78 is 0. The Morgan fingerprint density at radius 2 is 2.44 bits per heavy atom. The van der Waals surface area contributed by atoms with Gasteiger partial charge in [0, 0.05) is 16.9 Å². The molecule has 2 N–H and O–H groups in total.